The zero-order chi connectivity index (χ0) is 18.4. The van der Waals surface area contributed by atoms with Crippen molar-refractivity contribution in [1.82, 2.24) is 0 Å². The van der Waals surface area contributed by atoms with E-state index in [0.717, 1.165) is 15.6 Å². The Morgan fingerprint density at radius 1 is 0.615 bits per heavy atom. The van der Waals surface area contributed by atoms with Crippen LogP contribution in [-0.2, 0) is 9.59 Å². The summed E-state index contributed by atoms with van der Waals surface area (Å²) in [5.41, 5.74) is 0. The van der Waals surface area contributed by atoms with Crippen LogP contribution in [0.2, 0.25) is 0 Å². The summed E-state index contributed by atoms with van der Waals surface area (Å²) in [7, 11) is -2.97. The molecule has 0 fully saturated rings. The number of carbonyl (C=O) groups excluding carboxylic acids is 2. The maximum absolute atomic E-state index is 13.6. The van der Waals surface area contributed by atoms with Gasteiger partial charge >= 0.3 is 0 Å². The Hall–Kier alpha value is -3.04. The highest BCUT2D eigenvalue weighted by Gasteiger charge is 2.45. The van der Waals surface area contributed by atoms with Crippen LogP contribution in [0.3, 0.4) is 0 Å². The minimum Gasteiger partial charge on any atom is -0.299 e. The van der Waals surface area contributed by atoms with Crippen LogP contribution in [0.25, 0.3) is 0 Å². The zero-order valence-electron chi connectivity index (χ0n) is 14.6. The molecule has 3 aromatic rings. The Balaban J connectivity index is 2.35. The number of benzene rings is 3. The number of rotatable bonds is 6. The molecular weight excluding hydrogens is 336 g/mol. The summed E-state index contributed by atoms with van der Waals surface area (Å²) in [6.45, 7) is 1.46. The van der Waals surface area contributed by atoms with E-state index < -0.39 is 8.07 Å². The van der Waals surface area contributed by atoms with Crippen LogP contribution in [0.5, 0.6) is 0 Å². The lowest BCUT2D eigenvalue weighted by molar-refractivity contribution is -0.113. The molecule has 0 radical (unpaired) electrons. The smallest absolute Gasteiger partial charge is 0.229 e. The summed E-state index contributed by atoms with van der Waals surface area (Å²) < 4.78 is 0. The summed E-state index contributed by atoms with van der Waals surface area (Å²) in [5, 5.41) is 3.03. The van der Waals surface area contributed by atoms with E-state index in [1.165, 1.54) is 19.1 Å². The van der Waals surface area contributed by atoms with Gasteiger partial charge in [-0.15, -0.1) is 0 Å². The first-order valence-electron chi connectivity index (χ1n) is 8.55. The van der Waals surface area contributed by atoms with Crippen molar-refractivity contribution in [2.75, 3.05) is 0 Å². The Morgan fingerprint density at radius 2 is 0.962 bits per heavy atom. The van der Waals surface area contributed by atoms with Gasteiger partial charge in [-0.05, 0) is 34.6 Å². The molecule has 0 aliphatic rings. The van der Waals surface area contributed by atoms with Gasteiger partial charge in [0.2, 0.25) is 8.07 Å². The molecule has 0 aliphatic heterocycles. The third kappa shape index (κ3) is 3.34. The zero-order valence-corrected chi connectivity index (χ0v) is 15.6. The average molecular weight is 356 g/mol. The lowest BCUT2D eigenvalue weighted by atomic mass is 10.3. The van der Waals surface area contributed by atoms with Gasteiger partial charge < -0.3 is 0 Å². The van der Waals surface area contributed by atoms with Crippen LogP contribution < -0.4 is 15.6 Å². The van der Waals surface area contributed by atoms with E-state index in [-0.39, 0.29) is 11.2 Å². The lowest BCUT2D eigenvalue weighted by Gasteiger charge is -2.30. The van der Waals surface area contributed by atoms with E-state index in [0.29, 0.717) is 0 Å². The third-order valence-corrected chi connectivity index (χ3v) is 8.96. The summed E-state index contributed by atoms with van der Waals surface area (Å²) in [5.74, 6) is -0.129. The second-order valence-electron chi connectivity index (χ2n) is 6.16. The van der Waals surface area contributed by atoms with Crippen molar-refractivity contribution in [3.63, 3.8) is 0 Å². The van der Waals surface area contributed by atoms with Crippen molar-refractivity contribution < 1.29 is 9.59 Å². The Bertz CT molecular complexity index is 820. The van der Waals surface area contributed by atoms with Crippen LogP contribution in [0.15, 0.2) is 103 Å². The lowest BCUT2D eigenvalue weighted by Crippen LogP contribution is -2.72. The second-order valence-corrected chi connectivity index (χ2v) is 9.88. The normalized spacial score (nSPS) is 11.4. The fourth-order valence-electron chi connectivity index (χ4n) is 3.31. The van der Waals surface area contributed by atoms with Gasteiger partial charge in [0.05, 0.1) is 0 Å². The van der Waals surface area contributed by atoms with E-state index >= 15 is 0 Å². The van der Waals surface area contributed by atoms with E-state index in [9.17, 15) is 9.59 Å². The molecule has 0 aliphatic carbocycles. The molecule has 0 N–H and O–H groups in total. The maximum Gasteiger partial charge on any atom is 0.229 e. The summed E-state index contributed by atoms with van der Waals surface area (Å²) in [6.07, 6.45) is 2.83. The molecule has 26 heavy (non-hydrogen) atoms. The first-order chi connectivity index (χ1) is 12.7. The van der Waals surface area contributed by atoms with Gasteiger partial charge in [-0.2, -0.15) is 0 Å². The largest absolute Gasteiger partial charge is 0.299 e. The summed E-state index contributed by atoms with van der Waals surface area (Å²) in [6, 6.07) is 29.8. The standard InChI is InChI=1S/C23H20O2Si/c1-19(24)17-18-23(25)26(20-11-5-2-6-12-20,21-13-7-3-8-14-21)22-15-9-4-10-16-22/h2-18H,1H3/b18-17+. The van der Waals surface area contributed by atoms with Gasteiger partial charge in [0.15, 0.2) is 5.78 Å². The number of allylic oxidation sites excluding steroid dienone is 2. The van der Waals surface area contributed by atoms with Crippen LogP contribution >= 0.6 is 0 Å². The Kier molecular flexibility index (Phi) is 5.39. The molecule has 0 spiro atoms. The monoisotopic (exact) mass is 356 g/mol. The minimum atomic E-state index is -2.97. The van der Waals surface area contributed by atoms with Crippen molar-refractivity contribution >= 4 is 34.8 Å². The third-order valence-electron chi connectivity index (χ3n) is 4.46. The highest BCUT2D eigenvalue weighted by atomic mass is 28.3. The Labute approximate surface area is 154 Å². The quantitative estimate of drug-likeness (QED) is 0.386. The summed E-state index contributed by atoms with van der Waals surface area (Å²) >= 11 is 0. The molecule has 0 atom stereocenters. The number of ketones is 1. The highest BCUT2D eigenvalue weighted by molar-refractivity contribution is 7.30. The summed E-state index contributed by atoms with van der Waals surface area (Å²) in [4.78, 5) is 25.1. The fourth-order valence-corrected chi connectivity index (χ4v) is 7.57. The molecule has 2 nitrogen and oxygen atoms in total. The molecule has 0 unspecified atom stereocenters. The first kappa shape index (κ1) is 17.8. The molecule has 0 aromatic heterocycles. The van der Waals surface area contributed by atoms with Crippen molar-refractivity contribution in [3.8, 4) is 0 Å². The first-order valence-corrected chi connectivity index (χ1v) is 10.6. The predicted octanol–water partition coefficient (Wildman–Crippen LogP) is 2.41. The van der Waals surface area contributed by atoms with Crippen LogP contribution in [-0.4, -0.2) is 19.3 Å². The maximum atomic E-state index is 13.6. The van der Waals surface area contributed by atoms with E-state index in [2.05, 4.69) is 0 Å². The van der Waals surface area contributed by atoms with Crippen molar-refractivity contribution in [1.29, 1.82) is 0 Å². The van der Waals surface area contributed by atoms with E-state index in [4.69, 9.17) is 0 Å². The number of hydrogen-bond acceptors (Lipinski definition) is 2. The molecule has 3 aromatic carbocycles. The van der Waals surface area contributed by atoms with Crippen LogP contribution in [0.4, 0.5) is 0 Å². The van der Waals surface area contributed by atoms with E-state index in [1.54, 1.807) is 0 Å². The number of carbonyl (C=O) groups is 2. The fraction of sp³-hybridized carbons (Fsp3) is 0.0435. The molecule has 0 saturated carbocycles. The molecular formula is C23H20O2Si. The van der Waals surface area contributed by atoms with Gasteiger partial charge in [0.1, 0.15) is 5.41 Å². The topological polar surface area (TPSA) is 34.1 Å². The minimum absolute atomic E-state index is 0.00343. The van der Waals surface area contributed by atoms with Gasteiger partial charge in [-0.25, -0.2) is 0 Å². The Morgan fingerprint density at radius 3 is 1.27 bits per heavy atom. The van der Waals surface area contributed by atoms with Crippen LogP contribution in [0, 0.1) is 0 Å². The van der Waals surface area contributed by atoms with Crippen molar-refractivity contribution in [3.05, 3.63) is 103 Å². The van der Waals surface area contributed by atoms with Crippen molar-refractivity contribution in [2.45, 2.75) is 6.92 Å². The van der Waals surface area contributed by atoms with Gasteiger partial charge in [-0.1, -0.05) is 91.0 Å². The van der Waals surface area contributed by atoms with E-state index in [1.807, 2.05) is 91.0 Å². The van der Waals surface area contributed by atoms with Crippen molar-refractivity contribution in [2.24, 2.45) is 0 Å². The average Bonchev–Trinajstić information content (AvgIpc) is 2.69. The van der Waals surface area contributed by atoms with Gasteiger partial charge in [0.25, 0.3) is 0 Å². The van der Waals surface area contributed by atoms with Gasteiger partial charge in [-0.3, -0.25) is 9.59 Å². The molecule has 3 rings (SSSR count). The van der Waals surface area contributed by atoms with Gasteiger partial charge in [0, 0.05) is 0 Å². The number of hydrogen-bond donors (Lipinski definition) is 0. The molecule has 0 amide bonds. The highest BCUT2D eigenvalue weighted by Crippen LogP contribution is 2.10. The SMILES string of the molecule is CC(=O)/C=C/C(=O)[Si](c1ccccc1)(c1ccccc1)c1ccccc1. The van der Waals surface area contributed by atoms with Crippen LogP contribution in [0.1, 0.15) is 6.92 Å². The second kappa shape index (κ2) is 7.89. The molecule has 0 saturated heterocycles. The molecule has 128 valence electrons. The molecule has 0 bridgehead atoms. The molecule has 3 heteroatoms. The molecule has 0 heterocycles. The predicted molar refractivity (Wildman–Crippen MR) is 109 cm³/mol.